The van der Waals surface area contributed by atoms with E-state index in [9.17, 15) is 0 Å². The Bertz CT molecular complexity index is 405. The van der Waals surface area contributed by atoms with Crippen LogP contribution in [0, 0.1) is 0 Å². The van der Waals surface area contributed by atoms with Crippen LogP contribution in [0.5, 0.6) is 0 Å². The van der Waals surface area contributed by atoms with E-state index in [1.165, 1.54) is 10.8 Å². The summed E-state index contributed by atoms with van der Waals surface area (Å²) in [5.74, 6) is 5.90. The third kappa shape index (κ3) is 0.839. The molecule has 7 nitrogen and oxygen atoms in total. The van der Waals surface area contributed by atoms with Crippen molar-refractivity contribution in [3.8, 4) is 0 Å². The second-order valence-corrected chi connectivity index (χ2v) is 2.18. The zero-order chi connectivity index (χ0) is 8.55. The highest BCUT2D eigenvalue weighted by molar-refractivity contribution is 5.51. The molecule has 0 radical (unpaired) electrons. The van der Waals surface area contributed by atoms with Gasteiger partial charge >= 0.3 is 0 Å². The second kappa shape index (κ2) is 2.31. The molecule has 0 aliphatic heterocycles. The molecule has 0 aliphatic rings. The maximum absolute atomic E-state index is 5.47. The maximum Gasteiger partial charge on any atom is 0.242 e. The zero-order valence-electron chi connectivity index (χ0n) is 6.10. The highest BCUT2D eigenvalue weighted by atomic mass is 15.4. The number of nitrogen functional groups attached to an aromatic ring is 2. The Hall–Kier alpha value is -1.89. The summed E-state index contributed by atoms with van der Waals surface area (Å²) in [6.07, 6.45) is 1.40. The van der Waals surface area contributed by atoms with Gasteiger partial charge < -0.3 is 5.73 Å². The highest BCUT2D eigenvalue weighted by Crippen LogP contribution is 2.08. The summed E-state index contributed by atoms with van der Waals surface area (Å²) in [6, 6.07) is 1.60. The number of hydrogen-bond donors (Lipinski definition) is 3. The van der Waals surface area contributed by atoms with Gasteiger partial charge in [-0.15, -0.1) is 0 Å². The molecule has 2 rings (SSSR count). The van der Waals surface area contributed by atoms with Crippen molar-refractivity contribution in [2.75, 3.05) is 11.2 Å². The van der Waals surface area contributed by atoms with Crippen LogP contribution in [0.3, 0.4) is 0 Å². The Balaban J connectivity index is 2.80. The largest absolute Gasteiger partial charge is 0.383 e. The maximum atomic E-state index is 5.47. The monoisotopic (exact) mass is 165 g/mol. The van der Waals surface area contributed by atoms with Crippen LogP contribution in [0.4, 0.5) is 11.8 Å². The van der Waals surface area contributed by atoms with E-state index in [4.69, 9.17) is 11.6 Å². The van der Waals surface area contributed by atoms with Crippen molar-refractivity contribution in [2.24, 2.45) is 5.84 Å². The van der Waals surface area contributed by atoms with Crippen LogP contribution in [0.1, 0.15) is 0 Å². The third-order valence-electron chi connectivity index (χ3n) is 1.42. The summed E-state index contributed by atoms with van der Waals surface area (Å²) < 4.78 is 1.45. The average Bonchev–Trinajstić information content (AvgIpc) is 2.50. The van der Waals surface area contributed by atoms with Gasteiger partial charge in [0.05, 0.1) is 0 Å². The van der Waals surface area contributed by atoms with Gasteiger partial charge in [-0.2, -0.15) is 14.6 Å². The van der Waals surface area contributed by atoms with Gasteiger partial charge in [0.25, 0.3) is 0 Å². The zero-order valence-corrected chi connectivity index (χ0v) is 6.10. The minimum atomic E-state index is 0.350. The molecule has 0 aromatic carbocycles. The van der Waals surface area contributed by atoms with Crippen molar-refractivity contribution in [1.82, 2.24) is 19.6 Å². The van der Waals surface area contributed by atoms with Gasteiger partial charge in [0.15, 0.2) is 5.65 Å². The molecular formula is C5H7N7. The third-order valence-corrected chi connectivity index (χ3v) is 1.42. The number of rotatable bonds is 1. The second-order valence-electron chi connectivity index (χ2n) is 2.18. The first-order valence-corrected chi connectivity index (χ1v) is 3.24. The number of fused-ring (bicyclic) bond motifs is 1. The van der Waals surface area contributed by atoms with E-state index in [1.54, 1.807) is 6.07 Å². The molecule has 0 saturated carbocycles. The quantitative estimate of drug-likeness (QED) is 0.369. The number of hydrogen-bond acceptors (Lipinski definition) is 6. The lowest BCUT2D eigenvalue weighted by molar-refractivity contribution is 0.921. The Morgan fingerprint density at radius 1 is 1.50 bits per heavy atom. The first kappa shape index (κ1) is 6.80. The van der Waals surface area contributed by atoms with Gasteiger partial charge in [0.1, 0.15) is 12.1 Å². The van der Waals surface area contributed by atoms with Crippen LogP contribution in [0.2, 0.25) is 0 Å². The first-order valence-electron chi connectivity index (χ1n) is 3.24. The number of nitrogens with two attached hydrogens (primary N) is 2. The summed E-state index contributed by atoms with van der Waals surface area (Å²) >= 11 is 0. The predicted molar refractivity (Wildman–Crippen MR) is 43.0 cm³/mol. The molecule has 0 saturated heterocycles. The van der Waals surface area contributed by atoms with E-state index in [1.807, 2.05) is 0 Å². The van der Waals surface area contributed by atoms with E-state index in [-0.39, 0.29) is 0 Å². The molecule has 0 unspecified atom stereocenters. The molecular weight excluding hydrogens is 158 g/mol. The topological polar surface area (TPSA) is 107 Å². The van der Waals surface area contributed by atoms with Gasteiger partial charge in [-0.05, 0) is 0 Å². The summed E-state index contributed by atoms with van der Waals surface area (Å²) in [5, 5.41) is 3.88. The smallest absolute Gasteiger partial charge is 0.242 e. The molecule has 5 N–H and O–H groups in total. The molecule has 12 heavy (non-hydrogen) atoms. The van der Waals surface area contributed by atoms with E-state index in [0.29, 0.717) is 17.4 Å². The fourth-order valence-electron chi connectivity index (χ4n) is 0.940. The Morgan fingerprint density at radius 2 is 2.33 bits per heavy atom. The van der Waals surface area contributed by atoms with Gasteiger partial charge in [-0.1, -0.05) is 0 Å². The van der Waals surface area contributed by atoms with E-state index < -0.39 is 0 Å². The SMILES string of the molecule is NNc1nc(N)cc2ncnn12. The molecule has 2 aromatic rings. The van der Waals surface area contributed by atoms with Crippen molar-refractivity contribution in [1.29, 1.82) is 0 Å². The fraction of sp³-hybridized carbons (Fsp3) is 0. The normalized spacial score (nSPS) is 10.4. The summed E-state index contributed by atoms with van der Waals surface area (Å²) in [4.78, 5) is 7.82. The van der Waals surface area contributed by atoms with E-state index >= 15 is 0 Å². The van der Waals surface area contributed by atoms with Crippen LogP contribution in [0.15, 0.2) is 12.4 Å². The molecule has 2 heterocycles. The van der Waals surface area contributed by atoms with Gasteiger partial charge in [0.2, 0.25) is 5.95 Å². The summed E-state index contributed by atoms with van der Waals surface area (Å²) in [5.41, 5.74) is 8.44. The summed E-state index contributed by atoms with van der Waals surface area (Å²) in [6.45, 7) is 0. The fourth-order valence-corrected chi connectivity index (χ4v) is 0.940. The van der Waals surface area contributed by atoms with Gasteiger partial charge in [-0.25, -0.2) is 10.8 Å². The molecule has 0 bridgehead atoms. The molecule has 0 fully saturated rings. The molecule has 7 heteroatoms. The number of hydrazine groups is 1. The lowest BCUT2D eigenvalue weighted by Crippen LogP contribution is -2.14. The Morgan fingerprint density at radius 3 is 3.08 bits per heavy atom. The minimum Gasteiger partial charge on any atom is -0.383 e. The molecule has 0 atom stereocenters. The van der Waals surface area contributed by atoms with Crippen LogP contribution < -0.4 is 17.0 Å². The number of nitrogens with one attached hydrogen (secondary N) is 1. The summed E-state index contributed by atoms with van der Waals surface area (Å²) in [7, 11) is 0. The highest BCUT2D eigenvalue weighted by Gasteiger charge is 2.03. The number of anilines is 2. The van der Waals surface area contributed by atoms with Crippen molar-refractivity contribution < 1.29 is 0 Å². The van der Waals surface area contributed by atoms with Gasteiger partial charge in [-0.3, -0.25) is 5.43 Å². The van der Waals surface area contributed by atoms with Crippen molar-refractivity contribution in [3.05, 3.63) is 12.4 Å². The van der Waals surface area contributed by atoms with Crippen LogP contribution in [-0.4, -0.2) is 19.6 Å². The number of aromatic nitrogens is 4. The van der Waals surface area contributed by atoms with Crippen molar-refractivity contribution >= 4 is 17.4 Å². The molecule has 0 spiro atoms. The molecule has 62 valence electrons. The number of nitrogens with zero attached hydrogens (tertiary/aromatic N) is 4. The van der Waals surface area contributed by atoms with Crippen molar-refractivity contribution in [3.63, 3.8) is 0 Å². The first-order chi connectivity index (χ1) is 5.81. The Kier molecular flexibility index (Phi) is 1.31. The lowest BCUT2D eigenvalue weighted by Gasteiger charge is -2.01. The van der Waals surface area contributed by atoms with E-state index in [0.717, 1.165) is 0 Å². The predicted octanol–water partition coefficient (Wildman–Crippen LogP) is -1.01. The van der Waals surface area contributed by atoms with Gasteiger partial charge in [0, 0.05) is 6.07 Å². The average molecular weight is 165 g/mol. The minimum absolute atomic E-state index is 0.350. The van der Waals surface area contributed by atoms with Crippen LogP contribution >= 0.6 is 0 Å². The molecule has 0 aliphatic carbocycles. The molecule has 0 amide bonds. The standard InChI is InChI=1S/C5H7N7/c6-3-1-4-8-2-9-12(4)5(10-3)11-7/h1-2H,6-7H2,(H,10,11). The lowest BCUT2D eigenvalue weighted by atomic mass is 10.5. The molecule has 2 aromatic heterocycles. The van der Waals surface area contributed by atoms with Crippen LogP contribution in [-0.2, 0) is 0 Å². The van der Waals surface area contributed by atoms with Crippen LogP contribution in [0.25, 0.3) is 5.65 Å². The van der Waals surface area contributed by atoms with Crippen molar-refractivity contribution in [2.45, 2.75) is 0 Å². The van der Waals surface area contributed by atoms with E-state index in [2.05, 4.69) is 20.5 Å². The Labute approximate surface area is 67.4 Å².